The zero-order valence-electron chi connectivity index (χ0n) is 16.6. The van der Waals surface area contributed by atoms with Crippen molar-refractivity contribution in [2.24, 2.45) is 16.6 Å². The van der Waals surface area contributed by atoms with Crippen LogP contribution in [0.2, 0.25) is 0 Å². The number of carbonyl (C=O) groups excluding carboxylic acids is 1. The van der Waals surface area contributed by atoms with Gasteiger partial charge in [-0.3, -0.25) is 9.78 Å². The predicted molar refractivity (Wildman–Crippen MR) is 115 cm³/mol. The Morgan fingerprint density at radius 2 is 2.14 bits per heavy atom. The zero-order chi connectivity index (χ0) is 20.6. The fraction of sp³-hybridized carbons (Fsp3) is 0.455. The van der Waals surface area contributed by atoms with Crippen molar-refractivity contribution in [2.75, 3.05) is 0 Å². The second kappa shape index (κ2) is 7.77. The Labute approximate surface area is 174 Å². The molecule has 4 rings (SSSR count). The van der Waals surface area contributed by atoms with Crippen LogP contribution in [0.15, 0.2) is 29.4 Å². The lowest BCUT2D eigenvalue weighted by molar-refractivity contribution is -0.118. The summed E-state index contributed by atoms with van der Waals surface area (Å²) in [5, 5.41) is 9.95. The Morgan fingerprint density at radius 3 is 2.72 bits per heavy atom. The third-order valence-electron chi connectivity index (χ3n) is 5.92. The maximum Gasteiger partial charge on any atom is 0.261 e. The first-order valence-corrected chi connectivity index (χ1v) is 11.0. The van der Waals surface area contributed by atoms with Crippen molar-refractivity contribution >= 4 is 34.1 Å². The van der Waals surface area contributed by atoms with Crippen LogP contribution in [0, 0.1) is 17.2 Å². The average molecular weight is 409 g/mol. The predicted octanol–water partition coefficient (Wildman–Crippen LogP) is 3.91. The van der Waals surface area contributed by atoms with Gasteiger partial charge in [0.25, 0.3) is 5.91 Å². The molecule has 1 saturated carbocycles. The third-order valence-corrected chi connectivity index (χ3v) is 7.01. The molecule has 0 spiro atoms. The molecule has 2 unspecified atom stereocenters. The molecule has 0 bridgehead atoms. The topological polar surface area (TPSA) is 101 Å². The summed E-state index contributed by atoms with van der Waals surface area (Å²) in [4.78, 5) is 20.8. The molecular formula is C22H24N4O2S. The summed E-state index contributed by atoms with van der Waals surface area (Å²) in [6.07, 6.45) is 5.25. The molecule has 2 aliphatic rings. The normalized spacial score (nSPS) is 20.8. The van der Waals surface area contributed by atoms with Crippen molar-refractivity contribution in [1.82, 2.24) is 4.98 Å². The van der Waals surface area contributed by atoms with E-state index in [9.17, 15) is 10.1 Å². The molecule has 1 fully saturated rings. The maximum atomic E-state index is 12.4. The van der Waals surface area contributed by atoms with Crippen molar-refractivity contribution in [2.45, 2.75) is 56.4 Å². The molecule has 2 atom stereocenters. The molecule has 29 heavy (non-hydrogen) atoms. The van der Waals surface area contributed by atoms with Crippen molar-refractivity contribution in [3.05, 3.63) is 35.5 Å². The molecule has 0 saturated heterocycles. The minimum absolute atomic E-state index is 0.0165. The number of nitrogens with two attached hydrogens (primary N) is 1. The molecule has 1 aliphatic carbocycles. The summed E-state index contributed by atoms with van der Waals surface area (Å²) in [7, 11) is 0. The smallest absolute Gasteiger partial charge is 0.261 e. The number of carbonyl (C=O) groups is 1. The number of nitriles is 1. The number of thioether (sulfide) groups is 1. The number of fused-ring (bicyclic) bond motifs is 1. The van der Waals surface area contributed by atoms with Gasteiger partial charge in [0.1, 0.15) is 22.6 Å². The van der Waals surface area contributed by atoms with Gasteiger partial charge in [0.15, 0.2) is 0 Å². The summed E-state index contributed by atoms with van der Waals surface area (Å²) in [6, 6.07) is 8.02. The molecule has 7 heteroatoms. The van der Waals surface area contributed by atoms with Crippen LogP contribution in [0.25, 0.3) is 10.9 Å². The van der Waals surface area contributed by atoms with Gasteiger partial charge >= 0.3 is 0 Å². The number of amides is 1. The fourth-order valence-corrected chi connectivity index (χ4v) is 5.03. The number of pyridine rings is 1. The van der Waals surface area contributed by atoms with Gasteiger partial charge in [-0.15, -0.1) is 0 Å². The lowest BCUT2D eigenvalue weighted by Crippen LogP contribution is -2.50. The van der Waals surface area contributed by atoms with E-state index in [1.54, 1.807) is 11.7 Å². The first-order chi connectivity index (χ1) is 14.0. The number of rotatable bonds is 7. The Morgan fingerprint density at radius 1 is 1.38 bits per heavy atom. The van der Waals surface area contributed by atoms with Crippen LogP contribution < -0.4 is 10.5 Å². The molecule has 1 aromatic carbocycles. The van der Waals surface area contributed by atoms with E-state index in [4.69, 9.17) is 10.5 Å². The van der Waals surface area contributed by atoms with E-state index in [-0.39, 0.29) is 17.9 Å². The van der Waals surface area contributed by atoms with Gasteiger partial charge < -0.3 is 10.5 Å². The van der Waals surface area contributed by atoms with E-state index >= 15 is 0 Å². The highest BCUT2D eigenvalue weighted by atomic mass is 32.2. The molecule has 2 heterocycles. The molecule has 0 radical (unpaired) electrons. The lowest BCUT2D eigenvalue weighted by atomic mass is 9.81. The minimum Gasteiger partial charge on any atom is -0.488 e. The SMILES string of the molecule is CCC(CC)Oc1c(C#N)cnc2ccc(C(N)(C3CC3)C3SC=NC3=O)cc12. The van der Waals surface area contributed by atoms with Gasteiger partial charge in [-0.05, 0) is 49.3 Å². The van der Waals surface area contributed by atoms with E-state index in [0.717, 1.165) is 42.1 Å². The highest BCUT2D eigenvalue weighted by Gasteiger charge is 2.53. The third kappa shape index (κ3) is 3.41. The summed E-state index contributed by atoms with van der Waals surface area (Å²) in [6.45, 7) is 4.13. The number of hydrogen-bond acceptors (Lipinski definition) is 6. The van der Waals surface area contributed by atoms with E-state index in [1.807, 2.05) is 18.2 Å². The van der Waals surface area contributed by atoms with Gasteiger partial charge in [0, 0.05) is 11.6 Å². The van der Waals surface area contributed by atoms with Crippen LogP contribution in [-0.4, -0.2) is 27.8 Å². The first-order valence-electron chi connectivity index (χ1n) is 10.0. The van der Waals surface area contributed by atoms with Gasteiger partial charge in [-0.1, -0.05) is 31.7 Å². The van der Waals surface area contributed by atoms with Crippen molar-refractivity contribution < 1.29 is 9.53 Å². The quantitative estimate of drug-likeness (QED) is 0.745. The van der Waals surface area contributed by atoms with Crippen LogP contribution in [0.1, 0.15) is 50.7 Å². The Hall–Kier alpha value is -2.43. The van der Waals surface area contributed by atoms with Gasteiger partial charge in [-0.2, -0.15) is 5.26 Å². The van der Waals surface area contributed by atoms with Crippen molar-refractivity contribution in [1.29, 1.82) is 5.26 Å². The monoisotopic (exact) mass is 408 g/mol. The number of hydrogen-bond donors (Lipinski definition) is 1. The number of ether oxygens (including phenoxy) is 1. The van der Waals surface area contributed by atoms with Gasteiger partial charge in [0.2, 0.25) is 0 Å². The second-order valence-corrected chi connectivity index (χ2v) is 8.65. The molecule has 6 nitrogen and oxygen atoms in total. The summed E-state index contributed by atoms with van der Waals surface area (Å²) >= 11 is 1.39. The molecule has 2 N–H and O–H groups in total. The van der Waals surface area contributed by atoms with Gasteiger partial charge in [0.05, 0.1) is 22.7 Å². The Balaban J connectivity index is 1.86. The van der Waals surface area contributed by atoms with Crippen LogP contribution in [0.5, 0.6) is 5.75 Å². The highest BCUT2D eigenvalue weighted by molar-refractivity contribution is 8.13. The minimum atomic E-state index is -0.804. The summed E-state index contributed by atoms with van der Waals surface area (Å²) in [5.74, 6) is 0.605. The average Bonchev–Trinajstić information content (AvgIpc) is 3.52. The van der Waals surface area contributed by atoms with Crippen LogP contribution >= 0.6 is 11.8 Å². The number of aromatic nitrogens is 1. The standard InChI is InChI=1S/C22H24N4O2S/c1-3-16(4-2)28-19-13(10-23)11-25-18-8-7-15(9-17(18)19)22(24,14-5-6-14)20-21(27)26-12-29-20/h7-9,11-12,14,16,20H,3-6,24H2,1-2H3. The van der Waals surface area contributed by atoms with E-state index in [1.165, 1.54) is 11.8 Å². The second-order valence-electron chi connectivity index (χ2n) is 7.70. The molecular weight excluding hydrogens is 384 g/mol. The fourth-order valence-electron chi connectivity index (χ4n) is 4.01. The van der Waals surface area contributed by atoms with Crippen LogP contribution in [0.4, 0.5) is 0 Å². The Kier molecular flexibility index (Phi) is 5.32. The summed E-state index contributed by atoms with van der Waals surface area (Å²) in [5.41, 5.74) is 9.75. The van der Waals surface area contributed by atoms with E-state index < -0.39 is 10.8 Å². The van der Waals surface area contributed by atoms with Crippen LogP contribution in [-0.2, 0) is 10.3 Å². The first kappa shape index (κ1) is 19.9. The highest BCUT2D eigenvalue weighted by Crippen LogP contribution is 2.50. The molecule has 1 aliphatic heterocycles. The van der Waals surface area contributed by atoms with Crippen molar-refractivity contribution in [3.63, 3.8) is 0 Å². The largest absolute Gasteiger partial charge is 0.488 e. The zero-order valence-corrected chi connectivity index (χ0v) is 17.4. The van der Waals surface area contributed by atoms with Crippen LogP contribution in [0.3, 0.4) is 0 Å². The number of benzene rings is 1. The number of aliphatic imine (C=N–C) groups is 1. The molecule has 1 amide bonds. The Bertz CT molecular complexity index is 1020. The maximum absolute atomic E-state index is 12.4. The lowest BCUT2D eigenvalue weighted by Gasteiger charge is -2.34. The molecule has 2 aromatic rings. The van der Waals surface area contributed by atoms with Crippen molar-refractivity contribution in [3.8, 4) is 11.8 Å². The molecule has 150 valence electrons. The molecule has 1 aromatic heterocycles. The van der Waals surface area contributed by atoms with E-state index in [2.05, 4.69) is 29.9 Å². The van der Waals surface area contributed by atoms with E-state index in [0.29, 0.717) is 11.3 Å². The summed E-state index contributed by atoms with van der Waals surface area (Å²) < 4.78 is 6.24. The number of nitrogens with zero attached hydrogens (tertiary/aromatic N) is 3. The van der Waals surface area contributed by atoms with Gasteiger partial charge in [-0.25, -0.2) is 4.99 Å².